The van der Waals surface area contributed by atoms with Gasteiger partial charge < -0.3 is 4.74 Å². The Labute approximate surface area is 96.9 Å². The maximum atomic E-state index is 11.1. The van der Waals surface area contributed by atoms with E-state index in [1.54, 1.807) is 0 Å². The number of methoxy groups -OCH3 is 1. The lowest BCUT2D eigenvalue weighted by atomic mass is 10.1. The first kappa shape index (κ1) is 12.0. The Hall–Kier alpha value is -1.06. The van der Waals surface area contributed by atoms with Crippen LogP contribution >= 0.6 is 23.2 Å². The zero-order valence-electron chi connectivity index (χ0n) is 7.92. The Morgan fingerprint density at radius 1 is 1.47 bits per heavy atom. The van der Waals surface area contributed by atoms with Crippen molar-refractivity contribution in [3.63, 3.8) is 0 Å². The average molecular weight is 247 g/mol. The second-order valence-electron chi connectivity index (χ2n) is 2.80. The van der Waals surface area contributed by atoms with Crippen molar-refractivity contribution in [3.05, 3.63) is 33.3 Å². The van der Waals surface area contributed by atoms with Gasteiger partial charge in [-0.05, 0) is 17.7 Å². The van der Waals surface area contributed by atoms with Gasteiger partial charge in [0, 0.05) is 5.56 Å². The summed E-state index contributed by atoms with van der Waals surface area (Å²) in [4.78, 5) is 21.8. The van der Waals surface area contributed by atoms with E-state index in [1.165, 1.54) is 19.2 Å². The molecule has 1 rings (SSSR count). The van der Waals surface area contributed by atoms with Crippen molar-refractivity contribution in [3.8, 4) is 0 Å². The largest absolute Gasteiger partial charge is 0.469 e. The quantitative estimate of drug-likeness (QED) is 0.608. The van der Waals surface area contributed by atoms with Crippen LogP contribution in [0.1, 0.15) is 15.9 Å². The summed E-state index contributed by atoms with van der Waals surface area (Å²) >= 11 is 11.6. The third kappa shape index (κ3) is 2.70. The van der Waals surface area contributed by atoms with E-state index >= 15 is 0 Å². The SMILES string of the molecule is COC(=O)Cc1c(C=O)ccc(Cl)c1Cl. The molecule has 0 heterocycles. The Kier molecular flexibility index (Phi) is 4.12. The van der Waals surface area contributed by atoms with Crippen molar-refractivity contribution in [2.24, 2.45) is 0 Å². The second-order valence-corrected chi connectivity index (χ2v) is 3.59. The van der Waals surface area contributed by atoms with E-state index in [9.17, 15) is 9.59 Å². The van der Waals surface area contributed by atoms with Crippen LogP contribution in [-0.2, 0) is 16.0 Å². The maximum Gasteiger partial charge on any atom is 0.310 e. The van der Waals surface area contributed by atoms with Gasteiger partial charge in [-0.3, -0.25) is 9.59 Å². The summed E-state index contributed by atoms with van der Waals surface area (Å²) in [5.41, 5.74) is 0.737. The van der Waals surface area contributed by atoms with Gasteiger partial charge in [-0.15, -0.1) is 0 Å². The van der Waals surface area contributed by atoms with E-state index < -0.39 is 5.97 Å². The first-order valence-corrected chi connectivity index (χ1v) is 4.84. The van der Waals surface area contributed by atoms with Crippen LogP contribution in [0.5, 0.6) is 0 Å². The van der Waals surface area contributed by atoms with E-state index in [0.717, 1.165) is 0 Å². The molecule has 0 spiro atoms. The summed E-state index contributed by atoms with van der Waals surface area (Å²) in [6.45, 7) is 0. The molecule has 0 saturated heterocycles. The summed E-state index contributed by atoms with van der Waals surface area (Å²) in [6, 6.07) is 3.02. The lowest BCUT2D eigenvalue weighted by molar-refractivity contribution is -0.139. The van der Waals surface area contributed by atoms with Crippen molar-refractivity contribution >= 4 is 35.5 Å². The highest BCUT2D eigenvalue weighted by Gasteiger charge is 2.14. The van der Waals surface area contributed by atoms with Gasteiger partial charge in [-0.2, -0.15) is 0 Å². The summed E-state index contributed by atoms with van der Waals surface area (Å²) in [6.07, 6.45) is 0.560. The van der Waals surface area contributed by atoms with Crippen LogP contribution in [-0.4, -0.2) is 19.4 Å². The number of aldehydes is 1. The standard InChI is InChI=1S/C10H8Cl2O3/c1-15-9(14)4-7-6(5-13)2-3-8(11)10(7)12/h2-3,5H,4H2,1H3. The molecule has 0 radical (unpaired) electrons. The topological polar surface area (TPSA) is 43.4 Å². The molecule has 1 aromatic carbocycles. The zero-order chi connectivity index (χ0) is 11.4. The minimum atomic E-state index is -0.470. The molecule has 0 fully saturated rings. The van der Waals surface area contributed by atoms with E-state index in [4.69, 9.17) is 23.2 Å². The molecule has 0 aliphatic carbocycles. The molecule has 3 nitrogen and oxygen atoms in total. The van der Waals surface area contributed by atoms with Crippen LogP contribution in [0.15, 0.2) is 12.1 Å². The highest BCUT2D eigenvalue weighted by Crippen LogP contribution is 2.28. The van der Waals surface area contributed by atoms with E-state index in [0.29, 0.717) is 22.4 Å². The lowest BCUT2D eigenvalue weighted by Gasteiger charge is -2.07. The fourth-order valence-electron chi connectivity index (χ4n) is 1.11. The smallest absolute Gasteiger partial charge is 0.310 e. The number of ether oxygens (including phenoxy) is 1. The Bertz CT molecular complexity index is 402. The Balaban J connectivity index is 3.17. The summed E-state index contributed by atoms with van der Waals surface area (Å²) in [7, 11) is 1.27. The highest BCUT2D eigenvalue weighted by molar-refractivity contribution is 6.42. The van der Waals surface area contributed by atoms with Crippen LogP contribution in [0.25, 0.3) is 0 Å². The van der Waals surface area contributed by atoms with Crippen molar-refractivity contribution in [2.75, 3.05) is 7.11 Å². The van der Waals surface area contributed by atoms with Crippen molar-refractivity contribution in [1.82, 2.24) is 0 Å². The molecule has 0 aliphatic rings. The van der Waals surface area contributed by atoms with Crippen LogP contribution in [0.3, 0.4) is 0 Å². The predicted octanol–water partition coefficient (Wildman–Crippen LogP) is 2.52. The molecule has 80 valence electrons. The van der Waals surface area contributed by atoms with Crippen LogP contribution in [0, 0.1) is 0 Å². The molecule has 0 unspecified atom stereocenters. The molecule has 5 heteroatoms. The minimum absolute atomic E-state index is 0.0655. The Morgan fingerprint density at radius 2 is 2.13 bits per heavy atom. The predicted molar refractivity (Wildman–Crippen MR) is 57.6 cm³/mol. The number of hydrogen-bond acceptors (Lipinski definition) is 3. The van der Waals surface area contributed by atoms with Crippen LogP contribution in [0.4, 0.5) is 0 Å². The number of esters is 1. The maximum absolute atomic E-state index is 11.1. The fraction of sp³-hybridized carbons (Fsp3) is 0.200. The van der Waals surface area contributed by atoms with Crippen molar-refractivity contribution in [1.29, 1.82) is 0 Å². The molecule has 0 bridgehead atoms. The van der Waals surface area contributed by atoms with Gasteiger partial charge in [0.05, 0.1) is 23.6 Å². The molecule has 0 amide bonds. The molecule has 1 aromatic rings. The van der Waals surface area contributed by atoms with Gasteiger partial charge in [-0.1, -0.05) is 23.2 Å². The summed E-state index contributed by atoms with van der Waals surface area (Å²) in [5.74, 6) is -0.470. The van der Waals surface area contributed by atoms with Gasteiger partial charge in [0.15, 0.2) is 0 Å². The molecule has 0 aliphatic heterocycles. The number of carbonyl (C=O) groups is 2. The normalized spacial score (nSPS) is 9.80. The lowest BCUT2D eigenvalue weighted by Crippen LogP contribution is -2.07. The first-order valence-electron chi connectivity index (χ1n) is 4.09. The van der Waals surface area contributed by atoms with Gasteiger partial charge in [0.25, 0.3) is 0 Å². The van der Waals surface area contributed by atoms with E-state index in [2.05, 4.69) is 4.74 Å². The van der Waals surface area contributed by atoms with Crippen LogP contribution < -0.4 is 0 Å². The van der Waals surface area contributed by atoms with Gasteiger partial charge in [-0.25, -0.2) is 0 Å². The summed E-state index contributed by atoms with van der Waals surface area (Å²) < 4.78 is 4.49. The molecule has 0 atom stereocenters. The molecular formula is C10H8Cl2O3. The Morgan fingerprint density at radius 3 is 2.67 bits per heavy atom. The number of benzene rings is 1. The van der Waals surface area contributed by atoms with Crippen molar-refractivity contribution < 1.29 is 14.3 Å². The van der Waals surface area contributed by atoms with Crippen LogP contribution in [0.2, 0.25) is 10.0 Å². The third-order valence-corrected chi connectivity index (χ3v) is 2.75. The molecule has 0 aromatic heterocycles. The monoisotopic (exact) mass is 246 g/mol. The fourth-order valence-corrected chi connectivity index (χ4v) is 1.53. The van der Waals surface area contributed by atoms with E-state index in [1.807, 2.05) is 0 Å². The number of hydrogen-bond donors (Lipinski definition) is 0. The molecule has 0 N–H and O–H groups in total. The van der Waals surface area contributed by atoms with Gasteiger partial charge in [0.1, 0.15) is 6.29 Å². The first-order chi connectivity index (χ1) is 7.10. The number of rotatable bonds is 3. The molecular weight excluding hydrogens is 239 g/mol. The van der Waals surface area contributed by atoms with E-state index in [-0.39, 0.29) is 11.4 Å². The van der Waals surface area contributed by atoms with Crippen molar-refractivity contribution in [2.45, 2.75) is 6.42 Å². The zero-order valence-corrected chi connectivity index (χ0v) is 9.43. The van der Waals surface area contributed by atoms with Gasteiger partial charge in [0.2, 0.25) is 0 Å². The number of carbonyl (C=O) groups excluding carboxylic acids is 2. The molecule has 0 saturated carbocycles. The second kappa shape index (κ2) is 5.14. The number of halogens is 2. The summed E-state index contributed by atoms with van der Waals surface area (Å²) in [5, 5.41) is 0.521. The minimum Gasteiger partial charge on any atom is -0.469 e. The third-order valence-electron chi connectivity index (χ3n) is 1.91. The highest BCUT2D eigenvalue weighted by atomic mass is 35.5. The van der Waals surface area contributed by atoms with Gasteiger partial charge >= 0.3 is 5.97 Å². The molecule has 15 heavy (non-hydrogen) atoms. The average Bonchev–Trinajstić information content (AvgIpc) is 2.25.